The molecule has 3 aromatic heterocycles. The summed E-state index contributed by atoms with van der Waals surface area (Å²) in [5, 5.41) is 2.92. The van der Waals surface area contributed by atoms with E-state index in [4.69, 9.17) is 4.98 Å². The molecule has 0 aliphatic carbocycles. The second-order valence-electron chi connectivity index (χ2n) is 5.87. The highest BCUT2D eigenvalue weighted by Gasteiger charge is 2.15. The second-order valence-corrected chi connectivity index (χ2v) is 6.73. The van der Waals surface area contributed by atoms with Crippen molar-refractivity contribution in [3.8, 4) is 21.8 Å². The van der Waals surface area contributed by atoms with Gasteiger partial charge in [0.05, 0.1) is 16.7 Å². The third kappa shape index (κ3) is 2.35. The Hall–Kier alpha value is -2.73. The quantitative estimate of drug-likeness (QED) is 0.613. The van der Waals surface area contributed by atoms with Gasteiger partial charge in [0, 0.05) is 34.9 Å². The van der Waals surface area contributed by atoms with E-state index in [-0.39, 0.29) is 11.7 Å². The van der Waals surface area contributed by atoms with Crippen molar-refractivity contribution in [2.45, 2.75) is 19.9 Å². The molecule has 0 unspecified atom stereocenters. The first-order valence-corrected chi connectivity index (χ1v) is 8.62. The number of hydrogen-bond acceptors (Lipinski definition) is 4. The number of fused-ring (bicyclic) bond motifs is 1. The summed E-state index contributed by atoms with van der Waals surface area (Å²) in [6.45, 7) is 4.01. The highest BCUT2D eigenvalue weighted by atomic mass is 32.1. The van der Waals surface area contributed by atoms with Crippen LogP contribution in [0.15, 0.2) is 52.9 Å². The Morgan fingerprint density at radius 3 is 2.71 bits per heavy atom. The SMILES string of the molecule is CC(C)n1c(=O)[nH]c2c(-c3nc(-c4ccncc4)cs3)cccc21. The molecular formula is C18H16N4OS. The van der Waals surface area contributed by atoms with E-state index in [1.165, 1.54) is 0 Å². The predicted molar refractivity (Wildman–Crippen MR) is 97.3 cm³/mol. The Morgan fingerprint density at radius 1 is 1.17 bits per heavy atom. The van der Waals surface area contributed by atoms with E-state index >= 15 is 0 Å². The van der Waals surface area contributed by atoms with Gasteiger partial charge < -0.3 is 4.98 Å². The minimum absolute atomic E-state index is 0.0848. The molecule has 3 heterocycles. The molecule has 0 amide bonds. The van der Waals surface area contributed by atoms with Gasteiger partial charge in [-0.25, -0.2) is 9.78 Å². The highest BCUT2D eigenvalue weighted by molar-refractivity contribution is 7.13. The molecule has 5 nitrogen and oxygen atoms in total. The van der Waals surface area contributed by atoms with Crippen LogP contribution in [0.4, 0.5) is 0 Å². The molecule has 1 N–H and O–H groups in total. The number of hydrogen-bond donors (Lipinski definition) is 1. The Labute approximate surface area is 142 Å². The van der Waals surface area contributed by atoms with Gasteiger partial charge in [0.1, 0.15) is 5.01 Å². The number of H-pyrrole nitrogens is 1. The molecule has 0 atom stereocenters. The lowest BCUT2D eigenvalue weighted by atomic mass is 10.2. The summed E-state index contributed by atoms with van der Waals surface area (Å²) in [5.74, 6) is 0. The zero-order valence-electron chi connectivity index (χ0n) is 13.4. The molecule has 1 aromatic carbocycles. The number of nitrogens with zero attached hydrogens (tertiary/aromatic N) is 3. The van der Waals surface area contributed by atoms with Crippen molar-refractivity contribution in [1.82, 2.24) is 19.5 Å². The van der Waals surface area contributed by atoms with Crippen molar-refractivity contribution in [1.29, 1.82) is 0 Å². The number of nitrogens with one attached hydrogen (secondary N) is 1. The molecule has 0 radical (unpaired) electrons. The molecule has 0 aliphatic heterocycles. The number of benzene rings is 1. The molecule has 120 valence electrons. The molecule has 4 aromatic rings. The van der Waals surface area contributed by atoms with Gasteiger partial charge in [-0.3, -0.25) is 9.55 Å². The van der Waals surface area contributed by atoms with Crippen molar-refractivity contribution < 1.29 is 0 Å². The first kappa shape index (κ1) is 14.8. The molecule has 24 heavy (non-hydrogen) atoms. The average molecular weight is 336 g/mol. The normalized spacial score (nSPS) is 11.5. The molecule has 0 saturated heterocycles. The van der Waals surface area contributed by atoms with Gasteiger partial charge in [0.15, 0.2) is 0 Å². The van der Waals surface area contributed by atoms with Gasteiger partial charge in [-0.1, -0.05) is 6.07 Å². The van der Waals surface area contributed by atoms with Gasteiger partial charge >= 0.3 is 5.69 Å². The smallest absolute Gasteiger partial charge is 0.305 e. The van der Waals surface area contributed by atoms with Gasteiger partial charge in [-0.05, 0) is 38.1 Å². The Morgan fingerprint density at radius 2 is 1.96 bits per heavy atom. The number of rotatable bonds is 3. The second kappa shape index (κ2) is 5.72. The number of imidazole rings is 1. The van der Waals surface area contributed by atoms with Crippen LogP contribution >= 0.6 is 11.3 Å². The van der Waals surface area contributed by atoms with Crippen LogP contribution in [0.5, 0.6) is 0 Å². The number of aromatic nitrogens is 4. The van der Waals surface area contributed by atoms with E-state index in [1.807, 2.05) is 49.6 Å². The van der Waals surface area contributed by atoms with E-state index in [0.717, 1.165) is 32.9 Å². The van der Waals surface area contributed by atoms with Crippen LogP contribution in [-0.2, 0) is 0 Å². The maximum absolute atomic E-state index is 12.3. The first-order valence-electron chi connectivity index (χ1n) is 7.74. The van der Waals surface area contributed by atoms with Crippen LogP contribution in [0.1, 0.15) is 19.9 Å². The van der Waals surface area contributed by atoms with Gasteiger partial charge in [0.2, 0.25) is 0 Å². The minimum atomic E-state index is -0.0848. The number of pyridine rings is 1. The summed E-state index contributed by atoms with van der Waals surface area (Å²) in [6.07, 6.45) is 3.52. The van der Waals surface area contributed by atoms with Crippen molar-refractivity contribution >= 4 is 22.4 Å². The van der Waals surface area contributed by atoms with Crippen LogP contribution in [0.3, 0.4) is 0 Å². The minimum Gasteiger partial charge on any atom is -0.305 e. The highest BCUT2D eigenvalue weighted by Crippen LogP contribution is 2.32. The molecule has 4 rings (SSSR count). The molecule has 0 saturated carbocycles. The van der Waals surface area contributed by atoms with Crippen molar-refractivity contribution in [3.05, 3.63) is 58.6 Å². The Bertz CT molecular complexity index is 1060. The third-order valence-corrected chi connectivity index (χ3v) is 4.86. The molecule has 0 aliphatic rings. The maximum Gasteiger partial charge on any atom is 0.326 e. The van der Waals surface area contributed by atoms with Gasteiger partial charge in [0.25, 0.3) is 0 Å². The predicted octanol–water partition coefficient (Wildman–Crippen LogP) is 4.10. The van der Waals surface area contributed by atoms with Crippen LogP contribution in [0.25, 0.3) is 32.9 Å². The van der Waals surface area contributed by atoms with Crippen LogP contribution in [0.2, 0.25) is 0 Å². The Balaban J connectivity index is 1.88. The zero-order chi connectivity index (χ0) is 16.7. The van der Waals surface area contributed by atoms with E-state index in [0.29, 0.717) is 0 Å². The fourth-order valence-electron chi connectivity index (χ4n) is 2.89. The average Bonchev–Trinajstić information content (AvgIpc) is 3.19. The molecule has 0 bridgehead atoms. The molecular weight excluding hydrogens is 320 g/mol. The van der Waals surface area contributed by atoms with Gasteiger partial charge in [-0.2, -0.15) is 0 Å². The summed E-state index contributed by atoms with van der Waals surface area (Å²) in [6, 6.07) is 9.92. The molecule has 6 heteroatoms. The van der Waals surface area contributed by atoms with Crippen molar-refractivity contribution in [3.63, 3.8) is 0 Å². The Kier molecular flexibility index (Phi) is 3.54. The summed E-state index contributed by atoms with van der Waals surface area (Å²) < 4.78 is 1.77. The largest absolute Gasteiger partial charge is 0.326 e. The monoisotopic (exact) mass is 336 g/mol. The number of thiazole rings is 1. The van der Waals surface area contributed by atoms with Crippen molar-refractivity contribution in [2.24, 2.45) is 0 Å². The van der Waals surface area contributed by atoms with Crippen LogP contribution in [0, 0.1) is 0 Å². The fraction of sp³-hybridized carbons (Fsp3) is 0.167. The number of aromatic amines is 1. The lowest BCUT2D eigenvalue weighted by Gasteiger charge is -2.07. The van der Waals surface area contributed by atoms with E-state index in [1.54, 1.807) is 28.3 Å². The van der Waals surface area contributed by atoms with Crippen LogP contribution in [-0.4, -0.2) is 19.5 Å². The maximum atomic E-state index is 12.3. The van der Waals surface area contributed by atoms with Gasteiger partial charge in [-0.15, -0.1) is 11.3 Å². The first-order chi connectivity index (χ1) is 11.6. The molecule has 0 fully saturated rings. The van der Waals surface area contributed by atoms with E-state index in [2.05, 4.69) is 9.97 Å². The zero-order valence-corrected chi connectivity index (χ0v) is 14.2. The fourth-order valence-corrected chi connectivity index (χ4v) is 3.75. The summed E-state index contributed by atoms with van der Waals surface area (Å²) in [4.78, 5) is 24.0. The van der Waals surface area contributed by atoms with Crippen LogP contribution < -0.4 is 5.69 Å². The summed E-state index contributed by atoms with van der Waals surface area (Å²) in [5.41, 5.74) is 4.57. The van der Waals surface area contributed by atoms with E-state index < -0.39 is 0 Å². The number of para-hydroxylation sites is 1. The summed E-state index contributed by atoms with van der Waals surface area (Å²) >= 11 is 1.57. The lowest BCUT2D eigenvalue weighted by Crippen LogP contribution is -2.18. The standard InChI is InChI=1S/C18H16N4OS/c1-11(2)22-15-5-3-4-13(16(15)21-18(22)23)17-20-14(10-24-17)12-6-8-19-9-7-12/h3-11H,1-2H3,(H,21,23). The molecule has 0 spiro atoms. The third-order valence-electron chi connectivity index (χ3n) is 3.98. The lowest BCUT2D eigenvalue weighted by molar-refractivity contribution is 0.598. The van der Waals surface area contributed by atoms with E-state index in [9.17, 15) is 4.79 Å². The topological polar surface area (TPSA) is 63.6 Å². The van der Waals surface area contributed by atoms with Crippen molar-refractivity contribution in [2.75, 3.05) is 0 Å². The summed E-state index contributed by atoms with van der Waals surface area (Å²) in [7, 11) is 0.